The van der Waals surface area contributed by atoms with E-state index in [1.54, 1.807) is 13.8 Å². The van der Waals surface area contributed by atoms with Crippen LogP contribution in [0.1, 0.15) is 38.8 Å². The smallest absolute Gasteiger partial charge is 0.338 e. The lowest BCUT2D eigenvalue weighted by Gasteiger charge is -2.29. The summed E-state index contributed by atoms with van der Waals surface area (Å²) < 4.78 is 10.5. The van der Waals surface area contributed by atoms with Gasteiger partial charge in [-0.15, -0.1) is 0 Å². The number of phenolic OH excluding ortho intramolecular Hbond substituents is 1. The molecule has 0 fully saturated rings. The molecule has 0 bridgehead atoms. The van der Waals surface area contributed by atoms with Crippen LogP contribution in [0.5, 0.6) is 11.5 Å². The fraction of sp³-hybridized carbons (Fsp3) is 0.412. The van der Waals surface area contributed by atoms with Gasteiger partial charge in [-0.3, -0.25) is 0 Å². The maximum Gasteiger partial charge on any atom is 0.338 e. The molecule has 2 rings (SSSR count). The van der Waals surface area contributed by atoms with Gasteiger partial charge in [0.2, 0.25) is 0 Å². The fourth-order valence-corrected chi connectivity index (χ4v) is 2.68. The first kappa shape index (κ1) is 18.9. The number of rotatable bonds is 5. The van der Waals surface area contributed by atoms with Crippen molar-refractivity contribution in [2.45, 2.75) is 39.3 Å². The molecule has 1 aliphatic rings. The summed E-state index contributed by atoms with van der Waals surface area (Å²) in [7, 11) is 1.38. The first-order chi connectivity index (χ1) is 11.8. The van der Waals surface area contributed by atoms with Crippen molar-refractivity contribution in [2.75, 3.05) is 7.11 Å². The highest BCUT2D eigenvalue weighted by Crippen LogP contribution is 2.39. The van der Waals surface area contributed by atoms with Crippen LogP contribution in [0.15, 0.2) is 23.4 Å². The molecule has 0 radical (unpaired) electrons. The van der Waals surface area contributed by atoms with Gasteiger partial charge in [0, 0.05) is 5.70 Å². The van der Waals surface area contributed by atoms with E-state index in [4.69, 9.17) is 21.1 Å². The van der Waals surface area contributed by atoms with E-state index < -0.39 is 18.0 Å². The largest absolute Gasteiger partial charge is 0.503 e. The van der Waals surface area contributed by atoms with Crippen molar-refractivity contribution in [1.82, 2.24) is 10.6 Å². The molecule has 25 heavy (non-hydrogen) atoms. The normalized spacial score (nSPS) is 18.3. The predicted molar refractivity (Wildman–Crippen MR) is 92.6 cm³/mol. The van der Waals surface area contributed by atoms with E-state index in [2.05, 4.69) is 10.6 Å². The van der Waals surface area contributed by atoms with Crippen LogP contribution in [-0.2, 0) is 9.53 Å². The number of amides is 2. The van der Waals surface area contributed by atoms with Crippen LogP contribution in [0.3, 0.4) is 0 Å². The molecule has 1 aromatic rings. The van der Waals surface area contributed by atoms with Gasteiger partial charge in [0.05, 0.1) is 29.9 Å². The average molecular weight is 369 g/mol. The summed E-state index contributed by atoms with van der Waals surface area (Å²) in [4.78, 5) is 24.5. The van der Waals surface area contributed by atoms with Gasteiger partial charge in [0.25, 0.3) is 0 Å². The minimum absolute atomic E-state index is 0.0504. The van der Waals surface area contributed by atoms with Crippen molar-refractivity contribution in [1.29, 1.82) is 0 Å². The molecule has 2 amide bonds. The number of hydrogen-bond donors (Lipinski definition) is 3. The molecule has 0 unspecified atom stereocenters. The standard InChI is InChI=1S/C17H21ClN2O5/c1-5-8(2)25-16(22)13-9(3)19-17(23)20-14(13)10-6-11(18)15(21)12(7-10)24-4/h6-8,14,21H,5H2,1-4H3,(H2,19,20,23)/t8-,14-/m1/s1. The second-order valence-corrected chi connectivity index (χ2v) is 6.16. The summed E-state index contributed by atoms with van der Waals surface area (Å²) in [6.45, 7) is 5.32. The minimum Gasteiger partial charge on any atom is -0.503 e. The Labute approximate surface area is 150 Å². The SMILES string of the molecule is CC[C@@H](C)OC(=O)C1=C(C)NC(=O)N[C@@H]1c1cc(Cl)c(O)c(OC)c1. The molecular weight excluding hydrogens is 348 g/mol. The topological polar surface area (TPSA) is 96.9 Å². The zero-order valence-corrected chi connectivity index (χ0v) is 15.2. The molecule has 8 heteroatoms. The minimum atomic E-state index is -0.780. The van der Waals surface area contributed by atoms with E-state index in [1.165, 1.54) is 19.2 Å². The second-order valence-electron chi connectivity index (χ2n) is 5.75. The molecule has 136 valence electrons. The lowest BCUT2D eigenvalue weighted by atomic mass is 9.95. The number of phenols is 1. The van der Waals surface area contributed by atoms with Gasteiger partial charge >= 0.3 is 12.0 Å². The van der Waals surface area contributed by atoms with Gasteiger partial charge in [-0.05, 0) is 38.0 Å². The van der Waals surface area contributed by atoms with E-state index in [1.807, 2.05) is 6.92 Å². The molecule has 0 spiro atoms. The summed E-state index contributed by atoms with van der Waals surface area (Å²) in [6, 6.07) is 1.75. The van der Waals surface area contributed by atoms with Crippen LogP contribution in [0.2, 0.25) is 5.02 Å². The molecule has 0 aliphatic carbocycles. The molecule has 1 aliphatic heterocycles. The van der Waals surface area contributed by atoms with E-state index in [0.717, 1.165) is 0 Å². The molecule has 1 heterocycles. The molecule has 0 saturated heterocycles. The summed E-state index contributed by atoms with van der Waals surface area (Å²) in [5.74, 6) is -0.604. The zero-order chi connectivity index (χ0) is 18.7. The Bertz CT molecular complexity index is 732. The number of hydrogen-bond acceptors (Lipinski definition) is 5. The second kappa shape index (κ2) is 7.65. The Hall–Kier alpha value is -2.41. The Kier molecular flexibility index (Phi) is 5.79. The third-order valence-electron chi connectivity index (χ3n) is 3.98. The molecule has 2 atom stereocenters. The summed E-state index contributed by atoms with van der Waals surface area (Å²) in [5.41, 5.74) is 1.15. The number of carbonyl (C=O) groups excluding carboxylic acids is 2. The van der Waals surface area contributed by atoms with E-state index in [-0.39, 0.29) is 28.2 Å². The Morgan fingerprint density at radius 3 is 2.72 bits per heavy atom. The van der Waals surface area contributed by atoms with Crippen molar-refractivity contribution in [2.24, 2.45) is 0 Å². The lowest BCUT2D eigenvalue weighted by molar-refractivity contribution is -0.144. The van der Waals surface area contributed by atoms with Crippen LogP contribution < -0.4 is 15.4 Å². The quantitative estimate of drug-likeness (QED) is 0.694. The third-order valence-corrected chi connectivity index (χ3v) is 4.26. The predicted octanol–water partition coefficient (Wildman–Crippen LogP) is 3.02. The molecule has 0 saturated carbocycles. The number of urea groups is 1. The van der Waals surface area contributed by atoms with Gasteiger partial charge in [-0.1, -0.05) is 18.5 Å². The lowest BCUT2D eigenvalue weighted by Crippen LogP contribution is -2.45. The fourth-order valence-electron chi connectivity index (χ4n) is 2.46. The average Bonchev–Trinajstić information content (AvgIpc) is 2.56. The number of aromatic hydroxyl groups is 1. The number of esters is 1. The van der Waals surface area contributed by atoms with Gasteiger partial charge in [-0.2, -0.15) is 0 Å². The van der Waals surface area contributed by atoms with E-state index in [0.29, 0.717) is 17.7 Å². The Morgan fingerprint density at radius 2 is 2.12 bits per heavy atom. The number of halogens is 1. The van der Waals surface area contributed by atoms with Crippen molar-refractivity contribution in [3.63, 3.8) is 0 Å². The third kappa shape index (κ3) is 3.99. The number of benzene rings is 1. The maximum atomic E-state index is 12.6. The first-order valence-electron chi connectivity index (χ1n) is 7.84. The Morgan fingerprint density at radius 1 is 1.44 bits per heavy atom. The first-order valence-corrected chi connectivity index (χ1v) is 8.21. The number of ether oxygens (including phenoxy) is 2. The number of nitrogens with one attached hydrogen (secondary N) is 2. The van der Waals surface area contributed by atoms with Crippen LogP contribution >= 0.6 is 11.6 Å². The van der Waals surface area contributed by atoms with Crippen LogP contribution in [-0.4, -0.2) is 30.3 Å². The molecule has 3 N–H and O–H groups in total. The highest BCUT2D eigenvalue weighted by Gasteiger charge is 2.33. The Balaban J connectivity index is 2.49. The van der Waals surface area contributed by atoms with Gasteiger partial charge in [-0.25, -0.2) is 9.59 Å². The monoisotopic (exact) mass is 368 g/mol. The summed E-state index contributed by atoms with van der Waals surface area (Å²) in [5, 5.41) is 15.2. The van der Waals surface area contributed by atoms with Gasteiger partial charge < -0.3 is 25.2 Å². The number of carbonyl (C=O) groups is 2. The zero-order valence-electron chi connectivity index (χ0n) is 14.5. The van der Waals surface area contributed by atoms with Gasteiger partial charge in [0.15, 0.2) is 11.5 Å². The molecule has 1 aromatic carbocycles. The van der Waals surface area contributed by atoms with Crippen molar-refractivity contribution in [3.05, 3.63) is 34.0 Å². The summed E-state index contributed by atoms with van der Waals surface area (Å²) >= 11 is 6.03. The van der Waals surface area contributed by atoms with Crippen LogP contribution in [0.25, 0.3) is 0 Å². The number of allylic oxidation sites excluding steroid dienone is 1. The van der Waals surface area contributed by atoms with Crippen LogP contribution in [0, 0.1) is 0 Å². The van der Waals surface area contributed by atoms with E-state index in [9.17, 15) is 14.7 Å². The highest BCUT2D eigenvalue weighted by atomic mass is 35.5. The molecular formula is C17H21ClN2O5. The van der Waals surface area contributed by atoms with Crippen LogP contribution in [0.4, 0.5) is 4.79 Å². The van der Waals surface area contributed by atoms with Gasteiger partial charge in [0.1, 0.15) is 0 Å². The number of methoxy groups -OCH3 is 1. The maximum absolute atomic E-state index is 12.6. The highest BCUT2D eigenvalue weighted by molar-refractivity contribution is 6.32. The molecule has 7 nitrogen and oxygen atoms in total. The van der Waals surface area contributed by atoms with Crippen molar-refractivity contribution < 1.29 is 24.2 Å². The van der Waals surface area contributed by atoms with E-state index >= 15 is 0 Å². The van der Waals surface area contributed by atoms with Crippen molar-refractivity contribution in [3.8, 4) is 11.5 Å². The van der Waals surface area contributed by atoms with Crippen molar-refractivity contribution >= 4 is 23.6 Å². The molecule has 0 aromatic heterocycles. The summed E-state index contributed by atoms with van der Waals surface area (Å²) in [6.07, 6.45) is 0.408.